The zero-order valence-electron chi connectivity index (χ0n) is 16.3. The number of aromatic nitrogens is 1. The number of pyridine rings is 1. The number of piperidine rings is 1. The van der Waals surface area contributed by atoms with Gasteiger partial charge in [0, 0.05) is 18.3 Å². The van der Waals surface area contributed by atoms with Crippen LogP contribution in [-0.4, -0.2) is 24.0 Å². The standard InChI is InChI=1S/C21H27N3O2.2ClH/c1-15(17-5-3-9-22-13-17)12-21(25)24-18-7-8-20(16(2)11-18)26-19-6-4-10-23-14-19;;/h4,6-8,10-11,14-15,17,22H,3,5,9,12-13H2,1-2H3,(H,24,25);2*1H. The number of benzene rings is 1. The molecule has 7 heteroatoms. The fourth-order valence-electron chi connectivity index (χ4n) is 3.41. The third-order valence-corrected chi connectivity index (χ3v) is 4.97. The first-order valence-corrected chi connectivity index (χ1v) is 9.31. The van der Waals surface area contributed by atoms with Crippen molar-refractivity contribution in [2.24, 2.45) is 11.8 Å². The smallest absolute Gasteiger partial charge is 0.224 e. The largest absolute Gasteiger partial charge is 0.455 e. The van der Waals surface area contributed by atoms with Crippen molar-refractivity contribution in [3.63, 3.8) is 0 Å². The molecule has 0 saturated carbocycles. The maximum absolute atomic E-state index is 12.4. The number of amides is 1. The van der Waals surface area contributed by atoms with Gasteiger partial charge in [-0.1, -0.05) is 6.92 Å². The highest BCUT2D eigenvalue weighted by molar-refractivity contribution is 5.91. The minimum Gasteiger partial charge on any atom is -0.455 e. The molecule has 5 nitrogen and oxygen atoms in total. The summed E-state index contributed by atoms with van der Waals surface area (Å²) in [5.41, 5.74) is 1.77. The van der Waals surface area contributed by atoms with Crippen LogP contribution in [-0.2, 0) is 4.79 Å². The number of carbonyl (C=O) groups is 1. The highest BCUT2D eigenvalue weighted by atomic mass is 35.5. The molecule has 1 aliphatic heterocycles. The van der Waals surface area contributed by atoms with Crippen molar-refractivity contribution in [3.05, 3.63) is 48.3 Å². The lowest BCUT2D eigenvalue weighted by Crippen LogP contribution is -2.34. The van der Waals surface area contributed by atoms with Crippen LogP contribution in [0.1, 0.15) is 31.7 Å². The molecule has 154 valence electrons. The number of rotatable bonds is 6. The fourth-order valence-corrected chi connectivity index (χ4v) is 3.41. The average Bonchev–Trinajstić information content (AvgIpc) is 2.65. The number of carbonyl (C=O) groups excluding carboxylic acids is 1. The van der Waals surface area contributed by atoms with E-state index in [4.69, 9.17) is 4.74 Å². The van der Waals surface area contributed by atoms with Gasteiger partial charge in [0.25, 0.3) is 0 Å². The van der Waals surface area contributed by atoms with Crippen molar-refractivity contribution in [3.8, 4) is 11.5 Å². The van der Waals surface area contributed by atoms with E-state index in [1.54, 1.807) is 12.4 Å². The van der Waals surface area contributed by atoms with E-state index in [-0.39, 0.29) is 30.7 Å². The van der Waals surface area contributed by atoms with Gasteiger partial charge in [0.15, 0.2) is 0 Å². The first-order chi connectivity index (χ1) is 12.6. The Kier molecular flexibility index (Phi) is 10.3. The van der Waals surface area contributed by atoms with Gasteiger partial charge < -0.3 is 15.4 Å². The molecular formula is C21H29Cl2N3O2. The lowest BCUT2D eigenvalue weighted by Gasteiger charge is -2.28. The van der Waals surface area contributed by atoms with Crippen molar-refractivity contribution in [1.82, 2.24) is 10.3 Å². The van der Waals surface area contributed by atoms with Crippen LogP contribution in [0.4, 0.5) is 5.69 Å². The van der Waals surface area contributed by atoms with Crippen LogP contribution in [0, 0.1) is 18.8 Å². The van der Waals surface area contributed by atoms with Crippen molar-refractivity contribution in [2.75, 3.05) is 18.4 Å². The summed E-state index contributed by atoms with van der Waals surface area (Å²) < 4.78 is 5.83. The highest BCUT2D eigenvalue weighted by Crippen LogP contribution is 2.27. The van der Waals surface area contributed by atoms with Crippen LogP contribution in [0.2, 0.25) is 0 Å². The normalized spacial score (nSPS) is 16.9. The average molecular weight is 426 g/mol. The molecule has 1 aliphatic rings. The Bertz CT molecular complexity index is 738. The van der Waals surface area contributed by atoms with Crippen molar-refractivity contribution < 1.29 is 9.53 Å². The lowest BCUT2D eigenvalue weighted by atomic mass is 9.85. The van der Waals surface area contributed by atoms with Gasteiger partial charge in [-0.3, -0.25) is 9.78 Å². The van der Waals surface area contributed by atoms with E-state index < -0.39 is 0 Å². The summed E-state index contributed by atoms with van der Waals surface area (Å²) in [6, 6.07) is 9.40. The summed E-state index contributed by atoms with van der Waals surface area (Å²) in [6.07, 6.45) is 6.36. The summed E-state index contributed by atoms with van der Waals surface area (Å²) >= 11 is 0. The molecule has 1 aromatic heterocycles. The second kappa shape index (κ2) is 11.9. The van der Waals surface area contributed by atoms with E-state index in [2.05, 4.69) is 22.5 Å². The first kappa shape index (κ1) is 24.2. The monoisotopic (exact) mass is 425 g/mol. The maximum Gasteiger partial charge on any atom is 0.224 e. The number of hydrogen-bond acceptors (Lipinski definition) is 4. The quantitative estimate of drug-likeness (QED) is 0.683. The Labute approximate surface area is 179 Å². The molecule has 2 aromatic rings. The van der Waals surface area contributed by atoms with Crippen molar-refractivity contribution in [1.29, 1.82) is 0 Å². The molecule has 2 N–H and O–H groups in total. The van der Waals surface area contributed by atoms with E-state index in [1.807, 2.05) is 37.3 Å². The minimum absolute atomic E-state index is 0. The molecule has 28 heavy (non-hydrogen) atoms. The minimum atomic E-state index is 0. The highest BCUT2D eigenvalue weighted by Gasteiger charge is 2.22. The molecule has 1 amide bonds. The Hall–Kier alpha value is -1.82. The van der Waals surface area contributed by atoms with Gasteiger partial charge in [0.1, 0.15) is 11.5 Å². The Balaban J connectivity index is 0.00000196. The summed E-state index contributed by atoms with van der Waals surface area (Å²) in [6.45, 7) is 6.26. The van der Waals surface area contributed by atoms with Gasteiger partial charge in [0.05, 0.1) is 6.20 Å². The fraction of sp³-hybridized carbons (Fsp3) is 0.429. The number of nitrogens with zero attached hydrogens (tertiary/aromatic N) is 1. The maximum atomic E-state index is 12.4. The van der Waals surface area contributed by atoms with E-state index in [0.29, 0.717) is 24.0 Å². The summed E-state index contributed by atoms with van der Waals surface area (Å²) in [5, 5.41) is 6.44. The van der Waals surface area contributed by atoms with Gasteiger partial charge in [-0.15, -0.1) is 24.8 Å². The topological polar surface area (TPSA) is 63.2 Å². The number of nitrogens with one attached hydrogen (secondary N) is 2. The van der Waals surface area contributed by atoms with E-state index in [9.17, 15) is 4.79 Å². The molecule has 0 spiro atoms. The lowest BCUT2D eigenvalue weighted by molar-refractivity contribution is -0.117. The third kappa shape index (κ3) is 6.97. The van der Waals surface area contributed by atoms with Crippen LogP contribution in [0.25, 0.3) is 0 Å². The zero-order valence-corrected chi connectivity index (χ0v) is 17.9. The van der Waals surface area contributed by atoms with Gasteiger partial charge in [-0.25, -0.2) is 0 Å². The van der Waals surface area contributed by atoms with Crippen molar-refractivity contribution in [2.45, 2.75) is 33.1 Å². The first-order valence-electron chi connectivity index (χ1n) is 9.31. The van der Waals surface area contributed by atoms with E-state index >= 15 is 0 Å². The second-order valence-electron chi connectivity index (χ2n) is 7.11. The van der Waals surface area contributed by atoms with Gasteiger partial charge in [-0.05, 0) is 80.6 Å². The van der Waals surface area contributed by atoms with Crippen LogP contribution in [0.3, 0.4) is 0 Å². The molecule has 1 saturated heterocycles. The third-order valence-electron chi connectivity index (χ3n) is 4.97. The number of halogens is 2. The summed E-state index contributed by atoms with van der Waals surface area (Å²) in [4.78, 5) is 16.4. The zero-order chi connectivity index (χ0) is 18.4. The van der Waals surface area contributed by atoms with Crippen LogP contribution in [0.15, 0.2) is 42.7 Å². The summed E-state index contributed by atoms with van der Waals surface area (Å²) in [5.74, 6) is 2.51. The van der Waals surface area contributed by atoms with E-state index in [1.165, 1.54) is 12.8 Å². The van der Waals surface area contributed by atoms with Crippen LogP contribution < -0.4 is 15.4 Å². The number of ether oxygens (including phenoxy) is 1. The molecule has 0 radical (unpaired) electrons. The molecule has 2 atom stereocenters. The molecule has 2 heterocycles. The number of hydrogen-bond donors (Lipinski definition) is 2. The molecule has 1 fully saturated rings. The molecule has 3 rings (SSSR count). The van der Waals surface area contributed by atoms with Crippen LogP contribution >= 0.6 is 24.8 Å². The molecule has 0 aliphatic carbocycles. The van der Waals surface area contributed by atoms with Gasteiger partial charge in [0.2, 0.25) is 5.91 Å². The van der Waals surface area contributed by atoms with E-state index in [0.717, 1.165) is 30.1 Å². The molecule has 2 unspecified atom stereocenters. The summed E-state index contributed by atoms with van der Waals surface area (Å²) in [7, 11) is 0. The molecule has 1 aromatic carbocycles. The Morgan fingerprint density at radius 1 is 1.36 bits per heavy atom. The van der Waals surface area contributed by atoms with Crippen molar-refractivity contribution >= 4 is 36.4 Å². The predicted octanol–water partition coefficient (Wildman–Crippen LogP) is 4.99. The van der Waals surface area contributed by atoms with Gasteiger partial charge >= 0.3 is 0 Å². The molecular weight excluding hydrogens is 397 g/mol. The SMILES string of the molecule is Cc1cc(NC(=O)CC(C)C2CCCNC2)ccc1Oc1cccnc1.Cl.Cl. The Morgan fingerprint density at radius 3 is 2.82 bits per heavy atom. The predicted molar refractivity (Wildman–Crippen MR) is 118 cm³/mol. The Morgan fingerprint density at radius 2 is 2.18 bits per heavy atom. The number of aryl methyl sites for hydroxylation is 1. The van der Waals surface area contributed by atoms with Gasteiger partial charge in [-0.2, -0.15) is 0 Å². The van der Waals surface area contributed by atoms with Crippen LogP contribution in [0.5, 0.6) is 11.5 Å². The second-order valence-corrected chi connectivity index (χ2v) is 7.11. The number of anilines is 1. The molecule has 0 bridgehead atoms.